The Kier molecular flexibility index (Phi) is 4.11. The number of benzene rings is 2. The molecule has 0 bridgehead atoms. The van der Waals surface area contributed by atoms with Gasteiger partial charge in [-0.05, 0) is 53.9 Å². The third kappa shape index (κ3) is 3.18. The number of aromatic hydroxyl groups is 1. The molecule has 0 spiro atoms. The highest BCUT2D eigenvalue weighted by Crippen LogP contribution is 2.27. The number of hydrogen-bond acceptors (Lipinski definition) is 4. The first-order valence-electron chi connectivity index (χ1n) is 6.24. The van der Waals surface area contributed by atoms with E-state index in [4.69, 9.17) is 5.73 Å². The fraction of sp³-hybridized carbons (Fsp3) is 0.200. The van der Waals surface area contributed by atoms with Crippen molar-refractivity contribution in [1.82, 2.24) is 0 Å². The van der Waals surface area contributed by atoms with Crippen LogP contribution in [0.4, 0.5) is 0 Å². The van der Waals surface area contributed by atoms with Gasteiger partial charge in [-0.3, -0.25) is 0 Å². The van der Waals surface area contributed by atoms with Crippen LogP contribution in [0.25, 0.3) is 11.1 Å². The molecule has 0 atom stereocenters. The van der Waals surface area contributed by atoms with Crippen molar-refractivity contribution in [2.24, 2.45) is 5.73 Å². The van der Waals surface area contributed by atoms with Crippen molar-refractivity contribution in [1.29, 1.82) is 0 Å². The molecule has 106 valence electrons. The van der Waals surface area contributed by atoms with E-state index in [1.165, 1.54) is 6.26 Å². The SMILES string of the molecule is CS(=O)(=O)c1ccc(-c2ccc(O)c(CCN)c2)cc1. The number of nitrogens with two attached hydrogens (primary N) is 1. The van der Waals surface area contributed by atoms with Gasteiger partial charge >= 0.3 is 0 Å². The van der Waals surface area contributed by atoms with Crippen molar-refractivity contribution in [2.75, 3.05) is 12.8 Å². The second-order valence-corrected chi connectivity index (χ2v) is 6.69. The fourth-order valence-corrected chi connectivity index (χ4v) is 2.65. The van der Waals surface area contributed by atoms with Crippen molar-refractivity contribution < 1.29 is 13.5 Å². The summed E-state index contributed by atoms with van der Waals surface area (Å²) in [4.78, 5) is 0.294. The average molecular weight is 291 g/mol. The molecule has 0 saturated heterocycles. The smallest absolute Gasteiger partial charge is 0.175 e. The van der Waals surface area contributed by atoms with Gasteiger partial charge in [0.25, 0.3) is 0 Å². The van der Waals surface area contributed by atoms with Gasteiger partial charge in [-0.25, -0.2) is 8.42 Å². The van der Waals surface area contributed by atoms with Crippen LogP contribution in [0.5, 0.6) is 5.75 Å². The highest BCUT2D eigenvalue weighted by atomic mass is 32.2. The zero-order valence-corrected chi connectivity index (χ0v) is 12.0. The van der Waals surface area contributed by atoms with Crippen LogP contribution in [0.2, 0.25) is 0 Å². The summed E-state index contributed by atoms with van der Waals surface area (Å²) in [5.74, 6) is 0.229. The van der Waals surface area contributed by atoms with E-state index in [-0.39, 0.29) is 5.75 Å². The molecule has 0 radical (unpaired) electrons. The minimum atomic E-state index is -3.18. The van der Waals surface area contributed by atoms with E-state index in [9.17, 15) is 13.5 Å². The van der Waals surface area contributed by atoms with E-state index in [1.807, 2.05) is 6.07 Å². The summed E-state index contributed by atoms with van der Waals surface area (Å²) in [6.45, 7) is 0.462. The molecule has 0 aliphatic rings. The van der Waals surface area contributed by atoms with Gasteiger partial charge in [-0.15, -0.1) is 0 Å². The van der Waals surface area contributed by atoms with E-state index in [0.29, 0.717) is 17.9 Å². The summed E-state index contributed by atoms with van der Waals surface area (Å²) in [7, 11) is -3.18. The summed E-state index contributed by atoms with van der Waals surface area (Å²) in [6, 6.07) is 12.0. The van der Waals surface area contributed by atoms with Gasteiger partial charge in [0.15, 0.2) is 9.84 Å². The van der Waals surface area contributed by atoms with Crippen LogP contribution in [-0.4, -0.2) is 26.3 Å². The quantitative estimate of drug-likeness (QED) is 0.902. The van der Waals surface area contributed by atoms with E-state index in [0.717, 1.165) is 16.7 Å². The van der Waals surface area contributed by atoms with Gasteiger partial charge in [0.1, 0.15) is 5.75 Å². The number of hydrogen-bond donors (Lipinski definition) is 2. The summed E-state index contributed by atoms with van der Waals surface area (Å²) >= 11 is 0. The Hall–Kier alpha value is -1.85. The molecule has 5 heteroatoms. The van der Waals surface area contributed by atoms with Crippen molar-refractivity contribution in [3.63, 3.8) is 0 Å². The monoisotopic (exact) mass is 291 g/mol. The molecule has 2 aromatic rings. The topological polar surface area (TPSA) is 80.4 Å². The zero-order valence-electron chi connectivity index (χ0n) is 11.2. The Bertz CT molecular complexity index is 706. The van der Waals surface area contributed by atoms with Crippen LogP contribution in [0.1, 0.15) is 5.56 Å². The largest absolute Gasteiger partial charge is 0.508 e. The van der Waals surface area contributed by atoms with Crippen molar-refractivity contribution in [3.8, 4) is 16.9 Å². The van der Waals surface area contributed by atoms with Crippen molar-refractivity contribution >= 4 is 9.84 Å². The summed E-state index contributed by atoms with van der Waals surface area (Å²) < 4.78 is 22.8. The molecule has 0 unspecified atom stereocenters. The Morgan fingerprint density at radius 3 is 2.20 bits per heavy atom. The number of phenols is 1. The molecule has 0 aliphatic carbocycles. The third-order valence-electron chi connectivity index (χ3n) is 3.11. The Balaban J connectivity index is 2.39. The highest BCUT2D eigenvalue weighted by Gasteiger charge is 2.08. The van der Waals surface area contributed by atoms with Gasteiger partial charge in [0, 0.05) is 6.26 Å². The predicted octanol–water partition coefficient (Wildman–Crippen LogP) is 1.96. The lowest BCUT2D eigenvalue weighted by atomic mass is 10.0. The van der Waals surface area contributed by atoms with E-state index in [1.54, 1.807) is 36.4 Å². The minimum Gasteiger partial charge on any atom is -0.508 e. The Labute approximate surface area is 118 Å². The summed E-state index contributed by atoms with van der Waals surface area (Å²) in [6.07, 6.45) is 1.78. The van der Waals surface area contributed by atoms with Crippen LogP contribution >= 0.6 is 0 Å². The molecule has 0 aliphatic heterocycles. The maximum Gasteiger partial charge on any atom is 0.175 e. The number of rotatable bonds is 4. The maximum atomic E-state index is 11.4. The van der Waals surface area contributed by atoms with E-state index in [2.05, 4.69) is 0 Å². The number of sulfone groups is 1. The lowest BCUT2D eigenvalue weighted by Crippen LogP contribution is -2.03. The molecular weight excluding hydrogens is 274 g/mol. The van der Waals surface area contributed by atoms with Crippen molar-refractivity contribution in [3.05, 3.63) is 48.0 Å². The molecule has 0 aromatic heterocycles. The van der Waals surface area contributed by atoms with Crippen LogP contribution in [0, 0.1) is 0 Å². The molecule has 0 amide bonds. The Morgan fingerprint density at radius 2 is 1.65 bits per heavy atom. The normalized spacial score (nSPS) is 11.5. The predicted molar refractivity (Wildman–Crippen MR) is 79.4 cm³/mol. The van der Waals surface area contributed by atoms with E-state index >= 15 is 0 Å². The zero-order chi connectivity index (χ0) is 14.8. The molecule has 0 heterocycles. The molecule has 4 nitrogen and oxygen atoms in total. The number of phenolic OH excluding ortho intramolecular Hbond substituents is 1. The Morgan fingerprint density at radius 1 is 1.05 bits per heavy atom. The first-order valence-corrected chi connectivity index (χ1v) is 8.13. The van der Waals surface area contributed by atoms with Crippen LogP contribution in [-0.2, 0) is 16.3 Å². The van der Waals surface area contributed by atoms with Gasteiger partial charge in [-0.1, -0.05) is 18.2 Å². The molecule has 0 saturated carbocycles. The lowest BCUT2D eigenvalue weighted by molar-refractivity contribution is 0.468. The molecule has 0 fully saturated rings. The highest BCUT2D eigenvalue weighted by molar-refractivity contribution is 7.90. The first kappa shape index (κ1) is 14.6. The molecular formula is C15H17NO3S. The van der Waals surface area contributed by atoms with Crippen LogP contribution in [0.3, 0.4) is 0 Å². The standard InChI is InChI=1S/C15H17NO3S/c1-20(18,19)14-5-2-11(3-6-14)12-4-7-15(17)13(10-12)8-9-16/h2-7,10,17H,8-9,16H2,1H3. The lowest BCUT2D eigenvalue weighted by Gasteiger charge is -2.08. The molecule has 2 rings (SSSR count). The van der Waals surface area contributed by atoms with Gasteiger partial charge < -0.3 is 10.8 Å². The average Bonchev–Trinajstić information content (AvgIpc) is 2.41. The maximum absolute atomic E-state index is 11.4. The van der Waals surface area contributed by atoms with Gasteiger partial charge in [0.2, 0.25) is 0 Å². The van der Waals surface area contributed by atoms with Gasteiger partial charge in [0.05, 0.1) is 4.90 Å². The first-order chi connectivity index (χ1) is 9.41. The third-order valence-corrected chi connectivity index (χ3v) is 4.24. The molecule has 20 heavy (non-hydrogen) atoms. The summed E-state index contributed by atoms with van der Waals surface area (Å²) in [5, 5.41) is 9.73. The van der Waals surface area contributed by atoms with Crippen LogP contribution < -0.4 is 5.73 Å². The van der Waals surface area contributed by atoms with E-state index < -0.39 is 9.84 Å². The van der Waals surface area contributed by atoms with Gasteiger partial charge in [-0.2, -0.15) is 0 Å². The molecule has 3 N–H and O–H groups in total. The minimum absolute atomic E-state index is 0.229. The molecule has 2 aromatic carbocycles. The second-order valence-electron chi connectivity index (χ2n) is 4.68. The fourth-order valence-electron chi connectivity index (χ4n) is 2.02. The van der Waals surface area contributed by atoms with Crippen LogP contribution in [0.15, 0.2) is 47.4 Å². The second kappa shape index (κ2) is 5.64. The van der Waals surface area contributed by atoms with Crippen molar-refractivity contribution in [2.45, 2.75) is 11.3 Å². The summed E-state index contributed by atoms with van der Waals surface area (Å²) in [5.41, 5.74) is 8.12.